The van der Waals surface area contributed by atoms with Gasteiger partial charge in [0.15, 0.2) is 15.8 Å². The van der Waals surface area contributed by atoms with Gasteiger partial charge in [0, 0.05) is 31.9 Å². The lowest BCUT2D eigenvalue weighted by Gasteiger charge is -2.36. The number of hydrogen-bond acceptors (Lipinski definition) is 7. The number of esters is 1. The number of carbonyl (C=O) groups is 1. The molecule has 0 aliphatic carbocycles. The fourth-order valence-corrected chi connectivity index (χ4v) is 3.62. The van der Waals surface area contributed by atoms with Crippen molar-refractivity contribution in [3.8, 4) is 0 Å². The number of hydrogen-bond donors (Lipinski definition) is 1. The second-order valence-electron chi connectivity index (χ2n) is 5.74. The molecule has 2 N–H and O–H groups in total. The van der Waals surface area contributed by atoms with E-state index in [1.807, 2.05) is 0 Å². The largest absolute Gasteiger partial charge is 0.462 e. The van der Waals surface area contributed by atoms with Crippen molar-refractivity contribution in [2.75, 3.05) is 48.3 Å². The minimum Gasteiger partial charge on any atom is -0.462 e. The van der Waals surface area contributed by atoms with Crippen molar-refractivity contribution in [3.05, 3.63) is 34.7 Å². The first-order valence-corrected chi connectivity index (χ1v) is 8.90. The van der Waals surface area contributed by atoms with Crippen LogP contribution in [0.3, 0.4) is 0 Å². The second kappa shape index (κ2) is 7.09. The molecule has 2 aromatic rings. The van der Waals surface area contributed by atoms with E-state index >= 15 is 0 Å². The third kappa shape index (κ3) is 3.46. The molecule has 3 rings (SSSR count). The van der Waals surface area contributed by atoms with Crippen molar-refractivity contribution in [1.29, 1.82) is 0 Å². The summed E-state index contributed by atoms with van der Waals surface area (Å²) in [7, 11) is 0. The van der Waals surface area contributed by atoms with Gasteiger partial charge in [-0.25, -0.2) is 9.78 Å². The van der Waals surface area contributed by atoms with E-state index in [1.165, 1.54) is 22.6 Å². The van der Waals surface area contributed by atoms with Crippen LogP contribution in [0.15, 0.2) is 24.3 Å². The molecule has 0 spiro atoms. The summed E-state index contributed by atoms with van der Waals surface area (Å²) in [5, 5.41) is 0.397. The van der Waals surface area contributed by atoms with Gasteiger partial charge in [0.1, 0.15) is 0 Å². The molecule has 0 unspecified atom stereocenters. The van der Waals surface area contributed by atoms with E-state index in [9.17, 15) is 4.79 Å². The summed E-state index contributed by atoms with van der Waals surface area (Å²) in [6, 6.07) is 8.51. The number of thiazole rings is 1. The van der Waals surface area contributed by atoms with Crippen LogP contribution in [0.2, 0.25) is 0 Å². The molecule has 2 heterocycles. The van der Waals surface area contributed by atoms with Crippen LogP contribution in [0, 0.1) is 6.92 Å². The number of nitrogen functional groups attached to an aromatic ring is 1. The fraction of sp³-hybridized carbons (Fsp3) is 0.412. The Balaban J connectivity index is 1.72. The van der Waals surface area contributed by atoms with Gasteiger partial charge in [-0.1, -0.05) is 23.5 Å². The lowest BCUT2D eigenvalue weighted by atomic mass is 10.2. The summed E-state index contributed by atoms with van der Waals surface area (Å²) in [6.45, 7) is 7.59. The SMILES string of the molecule is CCOC(=O)c1sc(N)nc1N1CCN(c2cccc(C)c2)CC1. The zero-order chi connectivity index (χ0) is 17.1. The summed E-state index contributed by atoms with van der Waals surface area (Å²) in [4.78, 5) is 21.4. The van der Waals surface area contributed by atoms with Crippen molar-refractivity contribution < 1.29 is 9.53 Å². The van der Waals surface area contributed by atoms with Crippen LogP contribution in [-0.2, 0) is 4.74 Å². The van der Waals surface area contributed by atoms with Gasteiger partial charge in [0.05, 0.1) is 6.61 Å². The van der Waals surface area contributed by atoms with Crippen molar-refractivity contribution in [3.63, 3.8) is 0 Å². The predicted octanol–water partition coefficient (Wildman–Crippen LogP) is 2.54. The highest BCUT2D eigenvalue weighted by atomic mass is 32.1. The number of rotatable bonds is 4. The Morgan fingerprint density at radius 3 is 2.67 bits per heavy atom. The van der Waals surface area contributed by atoms with Crippen molar-refractivity contribution >= 4 is 33.9 Å². The van der Waals surface area contributed by atoms with Crippen molar-refractivity contribution in [2.45, 2.75) is 13.8 Å². The molecule has 6 nitrogen and oxygen atoms in total. The average molecular weight is 346 g/mol. The van der Waals surface area contributed by atoms with Crippen molar-refractivity contribution in [2.24, 2.45) is 0 Å². The van der Waals surface area contributed by atoms with Crippen LogP contribution < -0.4 is 15.5 Å². The number of benzene rings is 1. The van der Waals surface area contributed by atoms with Crippen LogP contribution >= 0.6 is 11.3 Å². The minimum absolute atomic E-state index is 0.344. The topological polar surface area (TPSA) is 71.7 Å². The third-order valence-electron chi connectivity index (χ3n) is 4.03. The molecule has 7 heteroatoms. The van der Waals surface area contributed by atoms with E-state index in [4.69, 9.17) is 10.5 Å². The maximum atomic E-state index is 12.1. The van der Waals surface area contributed by atoms with E-state index in [2.05, 4.69) is 46.0 Å². The van der Waals surface area contributed by atoms with Crippen LogP contribution in [0.4, 0.5) is 16.6 Å². The highest BCUT2D eigenvalue weighted by molar-refractivity contribution is 7.17. The van der Waals surface area contributed by atoms with Gasteiger partial charge in [-0.05, 0) is 31.5 Å². The molecule has 0 amide bonds. The van der Waals surface area contributed by atoms with Crippen LogP contribution in [0.1, 0.15) is 22.2 Å². The Kier molecular flexibility index (Phi) is 4.89. The standard InChI is InChI=1S/C17H22N4O2S/c1-3-23-16(22)14-15(19-17(18)24-14)21-9-7-20(8-10-21)13-6-4-5-12(2)11-13/h4-6,11H,3,7-10H2,1-2H3,(H2,18,19). The average Bonchev–Trinajstić information content (AvgIpc) is 2.97. The summed E-state index contributed by atoms with van der Waals surface area (Å²) >= 11 is 1.19. The van der Waals surface area contributed by atoms with Gasteiger partial charge < -0.3 is 20.3 Å². The van der Waals surface area contributed by atoms with E-state index < -0.39 is 0 Å². The molecule has 1 aliphatic heterocycles. The van der Waals surface area contributed by atoms with E-state index in [0.717, 1.165) is 26.2 Å². The number of nitrogens with zero attached hydrogens (tertiary/aromatic N) is 3. The summed E-state index contributed by atoms with van der Waals surface area (Å²) in [5.41, 5.74) is 8.31. The van der Waals surface area contributed by atoms with Gasteiger partial charge in [-0.2, -0.15) is 0 Å². The third-order valence-corrected chi connectivity index (χ3v) is 4.89. The van der Waals surface area contributed by atoms with Gasteiger partial charge in [0.2, 0.25) is 0 Å². The van der Waals surface area contributed by atoms with Crippen molar-refractivity contribution in [1.82, 2.24) is 4.98 Å². The monoisotopic (exact) mass is 346 g/mol. The van der Waals surface area contributed by atoms with Gasteiger partial charge in [0.25, 0.3) is 0 Å². The lowest BCUT2D eigenvalue weighted by molar-refractivity contribution is 0.0532. The quantitative estimate of drug-likeness (QED) is 0.858. The maximum Gasteiger partial charge on any atom is 0.352 e. The Bertz CT molecular complexity index is 723. The molecular weight excluding hydrogens is 324 g/mol. The molecule has 0 saturated carbocycles. The molecule has 1 fully saturated rings. The number of aromatic nitrogens is 1. The zero-order valence-corrected chi connectivity index (χ0v) is 14.8. The molecule has 1 aromatic carbocycles. The first kappa shape index (κ1) is 16.6. The molecular formula is C17H22N4O2S. The molecule has 1 saturated heterocycles. The molecule has 1 aromatic heterocycles. The van der Waals surface area contributed by atoms with Gasteiger partial charge >= 0.3 is 5.97 Å². The highest BCUT2D eigenvalue weighted by Crippen LogP contribution is 2.30. The minimum atomic E-state index is -0.345. The maximum absolute atomic E-state index is 12.1. The Morgan fingerprint density at radius 2 is 2.00 bits per heavy atom. The van der Waals surface area contributed by atoms with E-state index in [1.54, 1.807) is 6.92 Å². The molecule has 0 atom stereocenters. The Labute approximate surface area is 145 Å². The van der Waals surface area contributed by atoms with Crippen LogP contribution in [-0.4, -0.2) is 43.7 Å². The zero-order valence-electron chi connectivity index (χ0n) is 14.0. The first-order chi connectivity index (χ1) is 11.6. The van der Waals surface area contributed by atoms with Crippen LogP contribution in [0.25, 0.3) is 0 Å². The number of piperazine rings is 1. The molecule has 0 radical (unpaired) electrons. The smallest absolute Gasteiger partial charge is 0.352 e. The second-order valence-corrected chi connectivity index (χ2v) is 6.77. The van der Waals surface area contributed by atoms with E-state index in [-0.39, 0.29) is 5.97 Å². The number of ether oxygens (including phenoxy) is 1. The summed E-state index contributed by atoms with van der Waals surface area (Å²) in [5.74, 6) is 0.308. The number of carbonyl (C=O) groups excluding carboxylic acids is 1. The normalized spacial score (nSPS) is 14.8. The Morgan fingerprint density at radius 1 is 1.29 bits per heavy atom. The number of nitrogens with two attached hydrogens (primary N) is 1. The predicted molar refractivity (Wildman–Crippen MR) is 98.1 cm³/mol. The molecule has 0 bridgehead atoms. The summed E-state index contributed by atoms with van der Waals surface area (Å²) < 4.78 is 5.12. The number of aryl methyl sites for hydroxylation is 1. The summed E-state index contributed by atoms with van der Waals surface area (Å²) in [6.07, 6.45) is 0. The lowest BCUT2D eigenvalue weighted by Crippen LogP contribution is -2.47. The van der Waals surface area contributed by atoms with E-state index in [0.29, 0.717) is 22.4 Å². The van der Waals surface area contributed by atoms with Gasteiger partial charge in [-0.3, -0.25) is 0 Å². The number of anilines is 3. The molecule has 1 aliphatic rings. The van der Waals surface area contributed by atoms with Crippen LogP contribution in [0.5, 0.6) is 0 Å². The first-order valence-electron chi connectivity index (χ1n) is 8.08. The molecule has 24 heavy (non-hydrogen) atoms. The molecule has 128 valence electrons. The fourth-order valence-electron chi connectivity index (χ4n) is 2.87. The van der Waals surface area contributed by atoms with Gasteiger partial charge in [-0.15, -0.1) is 0 Å². The highest BCUT2D eigenvalue weighted by Gasteiger charge is 2.26. The Hall–Kier alpha value is -2.28.